The molecular formula is C9H18N6O2S. The van der Waals surface area contributed by atoms with Crippen LogP contribution in [0.5, 0.6) is 6.01 Å². The first-order valence-electron chi connectivity index (χ1n) is 5.22. The molecule has 0 spiro atoms. The van der Waals surface area contributed by atoms with Crippen molar-refractivity contribution in [1.29, 1.82) is 0 Å². The van der Waals surface area contributed by atoms with Gasteiger partial charge in [0.05, 0.1) is 12.7 Å². The van der Waals surface area contributed by atoms with Crippen LogP contribution in [0, 0.1) is 0 Å². The number of nitrogen functional groups attached to an aromatic ring is 1. The third-order valence-corrected chi connectivity index (χ3v) is 2.92. The Morgan fingerprint density at radius 1 is 1.39 bits per heavy atom. The van der Waals surface area contributed by atoms with E-state index in [1.165, 1.54) is 7.11 Å². The molecule has 1 aromatic rings. The largest absolute Gasteiger partial charge is 0.467 e. The van der Waals surface area contributed by atoms with Crippen molar-refractivity contribution in [2.75, 3.05) is 36.4 Å². The highest BCUT2D eigenvalue weighted by Crippen LogP contribution is 2.13. The molecule has 0 fully saturated rings. The molecular weight excluding hydrogens is 256 g/mol. The lowest BCUT2D eigenvalue weighted by molar-refractivity contribution is 0.0995. The van der Waals surface area contributed by atoms with Gasteiger partial charge in [-0.3, -0.25) is 5.43 Å². The van der Waals surface area contributed by atoms with Crippen LogP contribution in [0.1, 0.15) is 6.92 Å². The van der Waals surface area contributed by atoms with Crippen LogP contribution in [0.15, 0.2) is 0 Å². The number of nitrogens with zero attached hydrogens (tertiary/aromatic N) is 3. The maximum Gasteiger partial charge on any atom is 0.322 e. The van der Waals surface area contributed by atoms with Gasteiger partial charge in [0.1, 0.15) is 0 Å². The fraction of sp³-hybridized carbons (Fsp3) is 0.667. The minimum atomic E-state index is -0.852. The molecule has 1 aromatic heterocycles. The first kappa shape index (κ1) is 14.7. The third kappa shape index (κ3) is 4.51. The Bertz CT molecular complexity index is 367. The second kappa shape index (κ2) is 6.57. The molecule has 0 aromatic carbocycles. The van der Waals surface area contributed by atoms with Crippen molar-refractivity contribution < 1.29 is 9.84 Å². The van der Waals surface area contributed by atoms with Crippen molar-refractivity contribution in [2.24, 2.45) is 5.84 Å². The molecule has 0 saturated heterocycles. The maximum absolute atomic E-state index is 10.0. The van der Waals surface area contributed by atoms with Crippen LogP contribution in [0.4, 0.5) is 11.9 Å². The normalized spacial score (nSPS) is 13.8. The summed E-state index contributed by atoms with van der Waals surface area (Å²) >= 11 is 1.56. The molecule has 8 nitrogen and oxygen atoms in total. The number of rotatable bonds is 7. The SMILES string of the molecule is COc1nc(NN)nc(NCC(C)(O)CSC)n1. The molecule has 1 unspecified atom stereocenters. The van der Waals surface area contributed by atoms with Crippen molar-refractivity contribution >= 4 is 23.7 Å². The lowest BCUT2D eigenvalue weighted by atomic mass is 10.1. The average Bonchev–Trinajstić information content (AvgIpc) is 2.36. The minimum Gasteiger partial charge on any atom is -0.467 e. The lowest BCUT2D eigenvalue weighted by Crippen LogP contribution is -2.36. The van der Waals surface area contributed by atoms with Gasteiger partial charge in [0.2, 0.25) is 11.9 Å². The molecule has 0 aliphatic carbocycles. The molecule has 0 radical (unpaired) electrons. The van der Waals surface area contributed by atoms with E-state index >= 15 is 0 Å². The van der Waals surface area contributed by atoms with E-state index in [9.17, 15) is 5.11 Å². The smallest absolute Gasteiger partial charge is 0.322 e. The van der Waals surface area contributed by atoms with Gasteiger partial charge in [0, 0.05) is 12.3 Å². The number of aromatic nitrogens is 3. The van der Waals surface area contributed by atoms with Gasteiger partial charge in [-0.25, -0.2) is 5.84 Å². The van der Waals surface area contributed by atoms with E-state index in [4.69, 9.17) is 10.6 Å². The summed E-state index contributed by atoms with van der Waals surface area (Å²) in [6, 6.07) is 0.143. The van der Waals surface area contributed by atoms with Gasteiger partial charge in [-0.2, -0.15) is 26.7 Å². The third-order valence-electron chi connectivity index (χ3n) is 2.01. The van der Waals surface area contributed by atoms with Gasteiger partial charge < -0.3 is 15.2 Å². The van der Waals surface area contributed by atoms with Gasteiger partial charge >= 0.3 is 6.01 Å². The Labute approximate surface area is 110 Å². The number of nitrogens with two attached hydrogens (primary N) is 1. The second-order valence-electron chi connectivity index (χ2n) is 3.90. The van der Waals surface area contributed by atoms with Gasteiger partial charge in [0.25, 0.3) is 0 Å². The van der Waals surface area contributed by atoms with Crippen LogP contribution < -0.4 is 21.3 Å². The van der Waals surface area contributed by atoms with Crippen LogP contribution in [-0.4, -0.2) is 51.3 Å². The van der Waals surface area contributed by atoms with E-state index in [0.717, 1.165) is 0 Å². The summed E-state index contributed by atoms with van der Waals surface area (Å²) in [5.41, 5.74) is 1.46. The summed E-state index contributed by atoms with van der Waals surface area (Å²) < 4.78 is 4.91. The summed E-state index contributed by atoms with van der Waals surface area (Å²) in [7, 11) is 1.45. The predicted octanol–water partition coefficient (Wildman–Crippen LogP) is -0.308. The Morgan fingerprint density at radius 3 is 2.61 bits per heavy atom. The van der Waals surface area contributed by atoms with Gasteiger partial charge in [-0.1, -0.05) is 0 Å². The molecule has 1 rings (SSSR count). The van der Waals surface area contributed by atoms with Crippen molar-refractivity contribution in [2.45, 2.75) is 12.5 Å². The zero-order chi connectivity index (χ0) is 13.6. The highest BCUT2D eigenvalue weighted by Gasteiger charge is 2.20. The van der Waals surface area contributed by atoms with Crippen molar-refractivity contribution in [1.82, 2.24) is 15.0 Å². The number of hydrazine groups is 1. The number of hydrogen-bond donors (Lipinski definition) is 4. The number of aliphatic hydroxyl groups is 1. The zero-order valence-corrected chi connectivity index (χ0v) is 11.4. The van der Waals surface area contributed by atoms with Gasteiger partial charge in [-0.15, -0.1) is 0 Å². The van der Waals surface area contributed by atoms with Crippen LogP contribution in [0.25, 0.3) is 0 Å². The van der Waals surface area contributed by atoms with Crippen molar-refractivity contribution in [3.63, 3.8) is 0 Å². The monoisotopic (exact) mass is 274 g/mol. The summed E-state index contributed by atoms with van der Waals surface area (Å²) in [5.74, 6) is 6.31. The minimum absolute atomic E-state index is 0.143. The molecule has 0 aliphatic rings. The molecule has 5 N–H and O–H groups in total. The van der Waals surface area contributed by atoms with Crippen LogP contribution in [0.2, 0.25) is 0 Å². The highest BCUT2D eigenvalue weighted by molar-refractivity contribution is 7.98. The number of thioether (sulfide) groups is 1. The number of hydrogen-bond acceptors (Lipinski definition) is 9. The van der Waals surface area contributed by atoms with Crippen LogP contribution in [0.3, 0.4) is 0 Å². The summed E-state index contributed by atoms with van der Waals surface area (Å²) in [4.78, 5) is 11.9. The van der Waals surface area contributed by atoms with Crippen molar-refractivity contribution in [3.05, 3.63) is 0 Å². The zero-order valence-electron chi connectivity index (χ0n) is 10.6. The van der Waals surface area contributed by atoms with E-state index in [0.29, 0.717) is 12.3 Å². The Morgan fingerprint density at radius 2 is 2.06 bits per heavy atom. The number of anilines is 2. The highest BCUT2D eigenvalue weighted by atomic mass is 32.2. The Balaban J connectivity index is 2.72. The van der Waals surface area contributed by atoms with Crippen LogP contribution in [-0.2, 0) is 0 Å². The molecule has 102 valence electrons. The fourth-order valence-corrected chi connectivity index (χ4v) is 1.95. The predicted molar refractivity (Wildman–Crippen MR) is 71.7 cm³/mol. The molecule has 0 saturated carbocycles. The van der Waals surface area contributed by atoms with E-state index < -0.39 is 5.60 Å². The molecule has 1 atom stereocenters. The molecule has 0 bridgehead atoms. The molecule has 0 aliphatic heterocycles. The van der Waals surface area contributed by atoms with Crippen LogP contribution >= 0.6 is 11.8 Å². The quantitative estimate of drug-likeness (QED) is 0.392. The molecule has 0 amide bonds. The van der Waals surface area contributed by atoms with Gasteiger partial charge in [0.15, 0.2) is 0 Å². The Hall–Kier alpha value is -1.32. The summed E-state index contributed by atoms with van der Waals surface area (Å²) in [5, 5.41) is 12.9. The Kier molecular flexibility index (Phi) is 5.38. The van der Waals surface area contributed by atoms with Gasteiger partial charge in [-0.05, 0) is 13.2 Å². The number of nitrogens with one attached hydrogen (secondary N) is 2. The first-order valence-corrected chi connectivity index (χ1v) is 6.62. The first-order chi connectivity index (χ1) is 8.50. The molecule has 1 heterocycles. The average molecular weight is 274 g/mol. The van der Waals surface area contributed by atoms with E-state index in [2.05, 4.69) is 25.7 Å². The second-order valence-corrected chi connectivity index (χ2v) is 4.76. The van der Waals surface area contributed by atoms with E-state index in [1.807, 2.05) is 6.26 Å². The topological polar surface area (TPSA) is 118 Å². The standard InChI is InChI=1S/C9H18N6O2S/c1-9(16,5-18-3)4-11-6-12-7(15-10)14-8(13-6)17-2/h16H,4-5,10H2,1-3H3,(H2,11,12,13,14,15). The number of ether oxygens (including phenoxy) is 1. The summed E-state index contributed by atoms with van der Waals surface area (Å²) in [6.07, 6.45) is 1.93. The fourth-order valence-electron chi connectivity index (χ4n) is 1.22. The van der Waals surface area contributed by atoms with E-state index in [1.54, 1.807) is 18.7 Å². The maximum atomic E-state index is 10.0. The lowest BCUT2D eigenvalue weighted by Gasteiger charge is -2.22. The summed E-state index contributed by atoms with van der Waals surface area (Å²) in [6.45, 7) is 2.04. The number of methoxy groups -OCH3 is 1. The van der Waals surface area contributed by atoms with E-state index in [-0.39, 0.29) is 17.9 Å². The molecule has 18 heavy (non-hydrogen) atoms. The van der Waals surface area contributed by atoms with Crippen molar-refractivity contribution in [3.8, 4) is 6.01 Å². The molecule has 9 heteroatoms.